The summed E-state index contributed by atoms with van der Waals surface area (Å²) in [5, 5.41) is 0. The Kier molecular flexibility index (Phi) is 4.61. The maximum Gasteiger partial charge on any atom is 0.0380 e. The highest BCUT2D eigenvalue weighted by Crippen LogP contribution is 2.34. The molecule has 0 aromatic carbocycles. The summed E-state index contributed by atoms with van der Waals surface area (Å²) in [4.78, 5) is 2.24. The van der Waals surface area contributed by atoms with E-state index in [2.05, 4.69) is 77.4 Å². The second-order valence-corrected chi connectivity index (χ2v) is 6.05. The molecule has 1 nitrogen and oxygen atoms in total. The summed E-state index contributed by atoms with van der Waals surface area (Å²) in [5.74, 6) is 0.552. The lowest BCUT2D eigenvalue weighted by Crippen LogP contribution is -2.24. The van der Waals surface area contributed by atoms with Gasteiger partial charge in [0.25, 0.3) is 0 Å². The van der Waals surface area contributed by atoms with Crippen molar-refractivity contribution in [2.75, 3.05) is 0 Å². The molecule has 0 aromatic rings. The Morgan fingerprint density at radius 2 is 2.00 bits per heavy atom. The Labute approximate surface area is 113 Å². The van der Waals surface area contributed by atoms with E-state index in [-0.39, 0.29) is 5.41 Å². The molecule has 0 aliphatic carbocycles. The first-order valence-corrected chi connectivity index (χ1v) is 6.86. The van der Waals surface area contributed by atoms with Crippen molar-refractivity contribution in [3.8, 4) is 0 Å². The van der Waals surface area contributed by atoms with Crippen molar-refractivity contribution in [3.63, 3.8) is 0 Å². The fraction of sp³-hybridized carbons (Fsp3) is 0.529. The smallest absolute Gasteiger partial charge is 0.0380 e. The summed E-state index contributed by atoms with van der Waals surface area (Å²) in [6.45, 7) is 17.5. The minimum Gasteiger partial charge on any atom is -0.321 e. The van der Waals surface area contributed by atoms with Gasteiger partial charge in [0.1, 0.15) is 0 Å². The molecule has 0 amide bonds. The first-order chi connectivity index (χ1) is 8.31. The topological polar surface area (TPSA) is 3.24 Å². The molecule has 1 heterocycles. The number of allylic oxidation sites excluding steroid dienone is 5. The van der Waals surface area contributed by atoms with Crippen LogP contribution in [0, 0.1) is 11.3 Å². The molecule has 0 saturated heterocycles. The Morgan fingerprint density at radius 3 is 2.44 bits per heavy atom. The first kappa shape index (κ1) is 14.8. The average Bonchev–Trinajstić information content (AvgIpc) is 2.30. The van der Waals surface area contributed by atoms with Crippen molar-refractivity contribution in [1.29, 1.82) is 0 Å². The molecule has 1 aliphatic rings. The van der Waals surface area contributed by atoms with Crippen molar-refractivity contribution in [2.24, 2.45) is 11.3 Å². The van der Waals surface area contributed by atoms with E-state index in [4.69, 9.17) is 0 Å². The van der Waals surface area contributed by atoms with Gasteiger partial charge in [0, 0.05) is 17.6 Å². The van der Waals surface area contributed by atoms with E-state index in [0.29, 0.717) is 5.92 Å². The number of hydrogen-bond acceptors (Lipinski definition) is 1. The van der Waals surface area contributed by atoms with Crippen LogP contribution in [0.3, 0.4) is 0 Å². The van der Waals surface area contributed by atoms with Crippen molar-refractivity contribution >= 4 is 0 Å². The SMILES string of the molecule is C=C1C=CC(C(C)(C)C)=CN1/C(=C\C)C(C)CC. The average molecular weight is 245 g/mol. The highest BCUT2D eigenvalue weighted by molar-refractivity contribution is 5.38. The molecular formula is C17H27N. The van der Waals surface area contributed by atoms with E-state index in [9.17, 15) is 0 Å². The summed E-state index contributed by atoms with van der Waals surface area (Å²) >= 11 is 0. The molecule has 0 aromatic heterocycles. The van der Waals surface area contributed by atoms with Gasteiger partial charge in [0.2, 0.25) is 0 Å². The minimum absolute atomic E-state index is 0.170. The van der Waals surface area contributed by atoms with Gasteiger partial charge in [-0.15, -0.1) is 0 Å². The third-order valence-corrected chi connectivity index (χ3v) is 3.59. The van der Waals surface area contributed by atoms with Crippen LogP contribution < -0.4 is 0 Å². The van der Waals surface area contributed by atoms with Gasteiger partial charge in [-0.2, -0.15) is 0 Å². The molecule has 1 aliphatic heterocycles. The Hall–Kier alpha value is -1.24. The van der Waals surface area contributed by atoms with Crippen LogP contribution in [0.15, 0.2) is 48.0 Å². The van der Waals surface area contributed by atoms with Crippen LogP contribution >= 0.6 is 0 Å². The Morgan fingerprint density at radius 1 is 1.39 bits per heavy atom. The van der Waals surface area contributed by atoms with Crippen LogP contribution in [0.25, 0.3) is 0 Å². The Bertz CT molecular complexity index is 402. The third-order valence-electron chi connectivity index (χ3n) is 3.59. The van der Waals surface area contributed by atoms with Crippen LogP contribution in [-0.4, -0.2) is 4.90 Å². The van der Waals surface area contributed by atoms with Crippen LogP contribution in [0.2, 0.25) is 0 Å². The van der Waals surface area contributed by atoms with Crippen LogP contribution in [-0.2, 0) is 0 Å². The molecule has 1 rings (SSSR count). The van der Waals surface area contributed by atoms with E-state index in [1.807, 2.05) is 0 Å². The zero-order valence-corrected chi connectivity index (χ0v) is 12.7. The molecular weight excluding hydrogens is 218 g/mol. The fourth-order valence-electron chi connectivity index (χ4n) is 2.09. The zero-order chi connectivity index (χ0) is 13.9. The molecule has 0 saturated carbocycles. The van der Waals surface area contributed by atoms with E-state index in [1.165, 1.54) is 11.3 Å². The molecule has 0 spiro atoms. The second-order valence-electron chi connectivity index (χ2n) is 6.05. The monoisotopic (exact) mass is 245 g/mol. The van der Waals surface area contributed by atoms with Gasteiger partial charge in [0.15, 0.2) is 0 Å². The lowest BCUT2D eigenvalue weighted by atomic mass is 9.85. The summed E-state index contributed by atoms with van der Waals surface area (Å²) in [7, 11) is 0. The van der Waals surface area contributed by atoms with Crippen molar-refractivity contribution in [1.82, 2.24) is 4.90 Å². The van der Waals surface area contributed by atoms with Gasteiger partial charge in [-0.25, -0.2) is 0 Å². The molecule has 0 radical (unpaired) electrons. The van der Waals surface area contributed by atoms with E-state index in [1.54, 1.807) is 0 Å². The predicted molar refractivity (Wildman–Crippen MR) is 80.9 cm³/mol. The molecule has 100 valence electrons. The quantitative estimate of drug-likeness (QED) is 0.656. The van der Waals surface area contributed by atoms with E-state index in [0.717, 1.165) is 12.1 Å². The highest BCUT2D eigenvalue weighted by atomic mass is 15.1. The van der Waals surface area contributed by atoms with Gasteiger partial charge in [-0.05, 0) is 36.3 Å². The normalized spacial score (nSPS) is 19.0. The molecule has 0 fully saturated rings. The van der Waals surface area contributed by atoms with E-state index < -0.39 is 0 Å². The summed E-state index contributed by atoms with van der Waals surface area (Å²) in [6.07, 6.45) is 9.89. The molecule has 0 N–H and O–H groups in total. The van der Waals surface area contributed by atoms with Gasteiger partial charge in [-0.1, -0.05) is 53.3 Å². The van der Waals surface area contributed by atoms with Gasteiger partial charge < -0.3 is 4.90 Å². The highest BCUT2D eigenvalue weighted by Gasteiger charge is 2.22. The van der Waals surface area contributed by atoms with Crippen molar-refractivity contribution in [3.05, 3.63) is 48.0 Å². The van der Waals surface area contributed by atoms with Crippen molar-refractivity contribution in [2.45, 2.75) is 48.0 Å². The summed E-state index contributed by atoms with van der Waals surface area (Å²) in [6, 6.07) is 0. The number of rotatable bonds is 3. The number of hydrogen-bond donors (Lipinski definition) is 0. The van der Waals surface area contributed by atoms with Crippen LogP contribution in [0.1, 0.15) is 48.0 Å². The molecule has 1 atom stereocenters. The summed E-state index contributed by atoms with van der Waals surface area (Å²) < 4.78 is 0. The summed E-state index contributed by atoms with van der Waals surface area (Å²) in [5.41, 5.74) is 3.91. The maximum absolute atomic E-state index is 4.15. The zero-order valence-electron chi connectivity index (χ0n) is 12.7. The minimum atomic E-state index is 0.170. The van der Waals surface area contributed by atoms with Crippen LogP contribution in [0.5, 0.6) is 0 Å². The van der Waals surface area contributed by atoms with Gasteiger partial charge >= 0.3 is 0 Å². The standard InChI is InChI=1S/C17H27N/c1-8-13(3)16(9-2)18-12-15(17(5,6)7)11-10-14(18)4/h9-13H,4,8H2,1-3,5-7H3/b16-9-. The molecule has 1 heteroatoms. The first-order valence-electron chi connectivity index (χ1n) is 6.86. The lowest BCUT2D eigenvalue weighted by Gasteiger charge is -2.34. The van der Waals surface area contributed by atoms with Gasteiger partial charge in [-0.3, -0.25) is 0 Å². The second kappa shape index (κ2) is 5.60. The maximum atomic E-state index is 4.15. The van der Waals surface area contributed by atoms with Gasteiger partial charge in [0.05, 0.1) is 0 Å². The Balaban J connectivity index is 3.11. The van der Waals surface area contributed by atoms with E-state index >= 15 is 0 Å². The van der Waals surface area contributed by atoms with Crippen molar-refractivity contribution < 1.29 is 0 Å². The number of nitrogens with zero attached hydrogens (tertiary/aromatic N) is 1. The molecule has 1 unspecified atom stereocenters. The third kappa shape index (κ3) is 3.16. The fourth-order valence-corrected chi connectivity index (χ4v) is 2.09. The largest absolute Gasteiger partial charge is 0.321 e. The lowest BCUT2D eigenvalue weighted by molar-refractivity contribution is 0.445. The molecule has 0 bridgehead atoms. The van der Waals surface area contributed by atoms with Crippen LogP contribution in [0.4, 0.5) is 0 Å². The predicted octanol–water partition coefficient (Wildman–Crippen LogP) is 5.25. The molecule has 18 heavy (non-hydrogen) atoms.